The summed E-state index contributed by atoms with van der Waals surface area (Å²) in [7, 11) is 0. The van der Waals surface area contributed by atoms with Gasteiger partial charge in [0.25, 0.3) is 5.91 Å². The lowest BCUT2D eigenvalue weighted by atomic mass is 10.0. The van der Waals surface area contributed by atoms with Crippen LogP contribution >= 0.6 is 0 Å². The van der Waals surface area contributed by atoms with E-state index in [0.29, 0.717) is 12.5 Å². The van der Waals surface area contributed by atoms with Crippen molar-refractivity contribution in [3.63, 3.8) is 0 Å². The van der Waals surface area contributed by atoms with Gasteiger partial charge in [-0.3, -0.25) is 10.1 Å². The van der Waals surface area contributed by atoms with Crippen LogP contribution in [0.5, 0.6) is 0 Å². The Balaban J connectivity index is 1.71. The van der Waals surface area contributed by atoms with E-state index >= 15 is 0 Å². The number of carbonyl (C=O) groups is 2. The lowest BCUT2D eigenvalue weighted by molar-refractivity contribution is -1.02. The zero-order chi connectivity index (χ0) is 19.1. The molecule has 0 radical (unpaired) electrons. The number of rotatable bonds is 6. The van der Waals surface area contributed by atoms with Crippen molar-refractivity contribution in [1.82, 2.24) is 10.6 Å². The highest BCUT2D eigenvalue weighted by Crippen LogP contribution is 2.14. The number of hydrogen-bond donors (Lipinski definition) is 4. The van der Waals surface area contributed by atoms with E-state index in [1.165, 1.54) is 16.0 Å². The standard InChI is InChI=1S/C20H32N4O2/c1-15(2)18-7-5-17(6-8-18)13-23-9-11-24(12-10-23)14-19(25)22-20(26)21-16(3)4/h5-8,15-16H,9-14H2,1-4H3,(H2,21,22,25,26)/p+2. The van der Waals surface area contributed by atoms with E-state index in [4.69, 9.17) is 0 Å². The summed E-state index contributed by atoms with van der Waals surface area (Å²) in [5.74, 6) is 0.364. The Kier molecular flexibility index (Phi) is 7.60. The highest BCUT2D eigenvalue weighted by Gasteiger charge is 2.25. The Morgan fingerprint density at radius 2 is 1.54 bits per heavy atom. The van der Waals surface area contributed by atoms with Crippen molar-refractivity contribution in [3.8, 4) is 0 Å². The summed E-state index contributed by atoms with van der Waals surface area (Å²) in [5, 5.41) is 5.08. The van der Waals surface area contributed by atoms with Crippen LogP contribution in [-0.4, -0.2) is 50.7 Å². The van der Waals surface area contributed by atoms with Crippen LogP contribution in [0, 0.1) is 0 Å². The molecule has 26 heavy (non-hydrogen) atoms. The third kappa shape index (κ3) is 6.77. The van der Waals surface area contributed by atoms with E-state index in [-0.39, 0.29) is 11.9 Å². The van der Waals surface area contributed by atoms with Crippen molar-refractivity contribution in [1.29, 1.82) is 0 Å². The molecule has 0 aromatic heterocycles. The summed E-state index contributed by atoms with van der Waals surface area (Å²) in [5.41, 5.74) is 2.75. The van der Waals surface area contributed by atoms with Gasteiger partial charge in [-0.25, -0.2) is 4.79 Å². The molecule has 1 aromatic rings. The van der Waals surface area contributed by atoms with Gasteiger partial charge in [-0.1, -0.05) is 38.1 Å². The summed E-state index contributed by atoms with van der Waals surface area (Å²) in [6.45, 7) is 13.6. The van der Waals surface area contributed by atoms with Crippen LogP contribution in [0.25, 0.3) is 0 Å². The maximum Gasteiger partial charge on any atom is 0.321 e. The first-order chi connectivity index (χ1) is 12.3. The molecule has 1 fully saturated rings. The third-order valence-corrected chi connectivity index (χ3v) is 4.85. The second kappa shape index (κ2) is 9.69. The van der Waals surface area contributed by atoms with Gasteiger partial charge in [0.2, 0.25) is 0 Å². The number of nitrogens with one attached hydrogen (secondary N) is 4. The van der Waals surface area contributed by atoms with Crippen molar-refractivity contribution < 1.29 is 19.4 Å². The van der Waals surface area contributed by atoms with Gasteiger partial charge in [0.15, 0.2) is 6.54 Å². The molecule has 1 aliphatic heterocycles. The molecule has 1 aliphatic rings. The van der Waals surface area contributed by atoms with E-state index in [0.717, 1.165) is 32.7 Å². The molecule has 0 bridgehead atoms. The van der Waals surface area contributed by atoms with Gasteiger partial charge in [-0.2, -0.15) is 0 Å². The summed E-state index contributed by atoms with van der Waals surface area (Å²) in [4.78, 5) is 26.3. The van der Waals surface area contributed by atoms with Crippen LogP contribution in [0.15, 0.2) is 24.3 Å². The lowest BCUT2D eigenvalue weighted by Gasteiger charge is -2.29. The van der Waals surface area contributed by atoms with Gasteiger partial charge in [-0.05, 0) is 25.3 Å². The van der Waals surface area contributed by atoms with Crippen LogP contribution in [0.3, 0.4) is 0 Å². The number of benzene rings is 1. The van der Waals surface area contributed by atoms with Gasteiger partial charge < -0.3 is 15.1 Å². The molecule has 144 valence electrons. The minimum atomic E-state index is -0.404. The van der Waals surface area contributed by atoms with Crippen LogP contribution in [0.1, 0.15) is 44.7 Å². The minimum absolute atomic E-state index is 0.0249. The fourth-order valence-corrected chi connectivity index (χ4v) is 3.32. The lowest BCUT2D eigenvalue weighted by Crippen LogP contribution is -3.28. The van der Waals surface area contributed by atoms with Gasteiger partial charge in [0.1, 0.15) is 32.7 Å². The van der Waals surface area contributed by atoms with E-state index in [1.54, 1.807) is 4.90 Å². The van der Waals surface area contributed by atoms with Gasteiger partial charge in [-0.15, -0.1) is 0 Å². The molecule has 1 saturated heterocycles. The Morgan fingerprint density at radius 1 is 0.962 bits per heavy atom. The van der Waals surface area contributed by atoms with Crippen LogP contribution < -0.4 is 20.4 Å². The average molecular weight is 363 g/mol. The van der Waals surface area contributed by atoms with Gasteiger partial charge in [0, 0.05) is 11.6 Å². The predicted molar refractivity (Wildman–Crippen MR) is 102 cm³/mol. The fraction of sp³-hybridized carbons (Fsp3) is 0.600. The highest BCUT2D eigenvalue weighted by molar-refractivity contribution is 5.94. The van der Waals surface area contributed by atoms with Crippen molar-refractivity contribution in [3.05, 3.63) is 35.4 Å². The fourth-order valence-electron chi connectivity index (χ4n) is 3.32. The SMILES string of the molecule is CC(C)NC(=O)NC(=O)C[NH+]1CC[NH+](Cc2ccc(C(C)C)cc2)CC1. The molecule has 0 unspecified atom stereocenters. The molecule has 1 aromatic carbocycles. The maximum absolute atomic E-state index is 12.0. The molecule has 1 heterocycles. The number of quaternary nitrogens is 2. The molecule has 0 spiro atoms. The Labute approximate surface area is 156 Å². The Hall–Kier alpha value is -1.92. The van der Waals surface area contributed by atoms with E-state index in [1.807, 2.05) is 13.8 Å². The smallest absolute Gasteiger partial charge is 0.321 e. The zero-order valence-corrected chi connectivity index (χ0v) is 16.5. The number of imide groups is 1. The highest BCUT2D eigenvalue weighted by atomic mass is 16.2. The van der Waals surface area contributed by atoms with Crippen molar-refractivity contribution >= 4 is 11.9 Å². The van der Waals surface area contributed by atoms with Crippen LogP contribution in [0.4, 0.5) is 4.79 Å². The Morgan fingerprint density at radius 3 is 2.08 bits per heavy atom. The van der Waals surface area contributed by atoms with E-state index < -0.39 is 6.03 Å². The van der Waals surface area contributed by atoms with E-state index in [2.05, 4.69) is 48.7 Å². The van der Waals surface area contributed by atoms with Gasteiger partial charge >= 0.3 is 6.03 Å². The monoisotopic (exact) mass is 362 g/mol. The Bertz CT molecular complexity index is 590. The topological polar surface area (TPSA) is 67.1 Å². The second-order valence-corrected chi connectivity index (χ2v) is 7.93. The molecular weight excluding hydrogens is 328 g/mol. The molecular formula is C20H34N4O2+2. The zero-order valence-electron chi connectivity index (χ0n) is 16.5. The van der Waals surface area contributed by atoms with Crippen molar-refractivity contribution in [2.75, 3.05) is 32.7 Å². The predicted octanol–water partition coefficient (Wildman–Crippen LogP) is -0.672. The molecule has 3 amide bonds. The second-order valence-electron chi connectivity index (χ2n) is 7.93. The molecule has 0 aliphatic carbocycles. The molecule has 0 atom stereocenters. The largest absolute Gasteiger partial charge is 0.336 e. The van der Waals surface area contributed by atoms with E-state index in [9.17, 15) is 9.59 Å². The summed E-state index contributed by atoms with van der Waals surface area (Å²) in [6, 6.07) is 8.56. The molecule has 4 N–H and O–H groups in total. The molecule has 6 nitrogen and oxygen atoms in total. The van der Waals surface area contributed by atoms with Crippen LogP contribution in [-0.2, 0) is 11.3 Å². The first-order valence-corrected chi connectivity index (χ1v) is 9.69. The molecule has 0 saturated carbocycles. The summed E-state index contributed by atoms with van der Waals surface area (Å²) < 4.78 is 0. The molecule has 2 rings (SSSR count). The average Bonchev–Trinajstić information content (AvgIpc) is 2.56. The normalized spacial score (nSPS) is 20.2. The number of piperazine rings is 1. The number of urea groups is 1. The number of carbonyl (C=O) groups excluding carboxylic acids is 2. The number of amides is 3. The van der Waals surface area contributed by atoms with Crippen LogP contribution in [0.2, 0.25) is 0 Å². The van der Waals surface area contributed by atoms with Crippen molar-refractivity contribution in [2.24, 2.45) is 0 Å². The summed E-state index contributed by atoms with van der Waals surface area (Å²) in [6.07, 6.45) is 0. The summed E-state index contributed by atoms with van der Waals surface area (Å²) >= 11 is 0. The molecule has 6 heteroatoms. The first-order valence-electron chi connectivity index (χ1n) is 9.69. The third-order valence-electron chi connectivity index (χ3n) is 4.85. The van der Waals surface area contributed by atoms with Gasteiger partial charge in [0.05, 0.1) is 0 Å². The van der Waals surface area contributed by atoms with Crippen molar-refractivity contribution in [2.45, 2.75) is 46.2 Å². The number of hydrogen-bond acceptors (Lipinski definition) is 2. The first kappa shape index (κ1) is 20.4. The maximum atomic E-state index is 12.0. The minimum Gasteiger partial charge on any atom is -0.336 e. The quantitative estimate of drug-likeness (QED) is 0.542.